The Kier molecular flexibility index (Phi) is 5.35. The van der Waals surface area contributed by atoms with E-state index in [9.17, 15) is 18.0 Å². The lowest BCUT2D eigenvalue weighted by molar-refractivity contribution is -0.137. The number of hydrogen-bond donors (Lipinski definition) is 1. The molecule has 3 nitrogen and oxygen atoms in total. The maximum atomic E-state index is 12.3. The summed E-state index contributed by atoms with van der Waals surface area (Å²) < 4.78 is 37.0. The van der Waals surface area contributed by atoms with Gasteiger partial charge in [0.1, 0.15) is 0 Å². The lowest BCUT2D eigenvalue weighted by Gasteiger charge is -2.10. The smallest absolute Gasteiger partial charge is 0.352 e. The van der Waals surface area contributed by atoms with E-state index < -0.39 is 11.7 Å². The van der Waals surface area contributed by atoms with Crippen LogP contribution in [0.2, 0.25) is 0 Å². The van der Waals surface area contributed by atoms with Gasteiger partial charge in [0.2, 0.25) is 5.91 Å². The first-order chi connectivity index (χ1) is 8.79. The average Bonchev–Trinajstić information content (AvgIpc) is 2.33. The maximum Gasteiger partial charge on any atom is 0.416 e. The van der Waals surface area contributed by atoms with Crippen molar-refractivity contribution >= 4 is 5.91 Å². The Morgan fingerprint density at radius 1 is 1.21 bits per heavy atom. The van der Waals surface area contributed by atoms with Crippen molar-refractivity contribution in [3.05, 3.63) is 35.4 Å². The third-order valence-electron chi connectivity index (χ3n) is 2.56. The molecule has 6 heteroatoms. The highest BCUT2D eigenvalue weighted by Crippen LogP contribution is 2.28. The third-order valence-corrected chi connectivity index (χ3v) is 2.56. The Bertz CT molecular complexity index is 413. The molecule has 0 atom stereocenters. The molecule has 0 spiro atoms. The second-order valence-corrected chi connectivity index (χ2v) is 4.52. The number of alkyl halides is 3. The molecule has 19 heavy (non-hydrogen) atoms. The van der Waals surface area contributed by atoms with Gasteiger partial charge < -0.3 is 10.2 Å². The molecule has 0 aliphatic rings. The minimum absolute atomic E-state index is 0.117. The largest absolute Gasteiger partial charge is 0.416 e. The summed E-state index contributed by atoms with van der Waals surface area (Å²) in [5.41, 5.74) is -0.0404. The number of hydrogen-bond acceptors (Lipinski definition) is 2. The zero-order valence-corrected chi connectivity index (χ0v) is 10.9. The standard InChI is InChI=1S/C13H17F3N2O/c1-18(2)8-7-12(19)17-9-10-3-5-11(6-4-10)13(14,15)16/h3-6H,7-9H2,1-2H3,(H,17,19). The van der Waals surface area contributed by atoms with Crippen LogP contribution in [0.15, 0.2) is 24.3 Å². The lowest BCUT2D eigenvalue weighted by atomic mass is 10.1. The van der Waals surface area contributed by atoms with Crippen molar-refractivity contribution in [2.24, 2.45) is 0 Å². The molecule has 0 bridgehead atoms. The van der Waals surface area contributed by atoms with Crippen molar-refractivity contribution in [2.75, 3.05) is 20.6 Å². The van der Waals surface area contributed by atoms with Crippen LogP contribution >= 0.6 is 0 Å². The van der Waals surface area contributed by atoms with Crippen LogP contribution in [-0.2, 0) is 17.5 Å². The Balaban J connectivity index is 2.44. The summed E-state index contributed by atoms with van der Waals surface area (Å²) >= 11 is 0. The number of rotatable bonds is 5. The van der Waals surface area contributed by atoms with Crippen molar-refractivity contribution in [3.63, 3.8) is 0 Å². The SMILES string of the molecule is CN(C)CCC(=O)NCc1ccc(C(F)(F)F)cc1. The Labute approximate surface area is 110 Å². The predicted octanol–water partition coefficient (Wildman–Crippen LogP) is 2.27. The molecule has 1 rings (SSSR count). The zero-order valence-electron chi connectivity index (χ0n) is 10.9. The highest BCUT2D eigenvalue weighted by atomic mass is 19.4. The molecule has 0 saturated carbocycles. The zero-order chi connectivity index (χ0) is 14.5. The first-order valence-electron chi connectivity index (χ1n) is 5.86. The molecule has 0 radical (unpaired) electrons. The summed E-state index contributed by atoms with van der Waals surface area (Å²) in [5, 5.41) is 2.67. The highest BCUT2D eigenvalue weighted by molar-refractivity contribution is 5.76. The van der Waals surface area contributed by atoms with Gasteiger partial charge in [-0.2, -0.15) is 13.2 Å². The van der Waals surface area contributed by atoms with Gasteiger partial charge in [-0.25, -0.2) is 0 Å². The third kappa shape index (κ3) is 5.74. The number of carbonyl (C=O) groups excluding carboxylic acids is 1. The Hall–Kier alpha value is -1.56. The monoisotopic (exact) mass is 274 g/mol. The van der Waals surface area contributed by atoms with Crippen LogP contribution in [0, 0.1) is 0 Å². The summed E-state index contributed by atoms with van der Waals surface area (Å²) in [6.45, 7) is 0.878. The van der Waals surface area contributed by atoms with E-state index in [1.807, 2.05) is 19.0 Å². The van der Waals surface area contributed by atoms with Gasteiger partial charge in [-0.3, -0.25) is 4.79 Å². The minimum atomic E-state index is -4.33. The molecule has 0 aliphatic carbocycles. The fourth-order valence-electron chi connectivity index (χ4n) is 1.43. The molecule has 0 aromatic heterocycles. The number of nitrogens with zero attached hydrogens (tertiary/aromatic N) is 1. The molecule has 0 unspecified atom stereocenters. The summed E-state index contributed by atoms with van der Waals surface area (Å²) in [6, 6.07) is 4.77. The minimum Gasteiger partial charge on any atom is -0.352 e. The maximum absolute atomic E-state index is 12.3. The summed E-state index contributed by atoms with van der Waals surface area (Å²) in [5.74, 6) is -0.117. The summed E-state index contributed by atoms with van der Waals surface area (Å²) in [4.78, 5) is 13.3. The van der Waals surface area contributed by atoms with Crippen molar-refractivity contribution in [2.45, 2.75) is 19.1 Å². The van der Waals surface area contributed by atoms with Crippen molar-refractivity contribution in [1.82, 2.24) is 10.2 Å². The quantitative estimate of drug-likeness (QED) is 0.893. The van der Waals surface area contributed by atoms with Gasteiger partial charge in [-0.05, 0) is 31.8 Å². The Morgan fingerprint density at radius 3 is 2.26 bits per heavy atom. The van der Waals surface area contributed by atoms with Gasteiger partial charge in [0, 0.05) is 19.5 Å². The van der Waals surface area contributed by atoms with E-state index in [1.54, 1.807) is 0 Å². The van der Waals surface area contributed by atoms with Crippen LogP contribution in [0.4, 0.5) is 13.2 Å². The van der Waals surface area contributed by atoms with E-state index in [2.05, 4.69) is 5.32 Å². The van der Waals surface area contributed by atoms with Crippen LogP contribution in [0.5, 0.6) is 0 Å². The molecular formula is C13H17F3N2O. The van der Waals surface area contributed by atoms with Gasteiger partial charge in [-0.1, -0.05) is 12.1 Å². The average molecular weight is 274 g/mol. The molecule has 1 N–H and O–H groups in total. The summed E-state index contributed by atoms with van der Waals surface area (Å²) in [7, 11) is 3.73. The van der Waals surface area contributed by atoms with Crippen LogP contribution in [0.1, 0.15) is 17.5 Å². The highest BCUT2D eigenvalue weighted by Gasteiger charge is 2.29. The van der Waals surface area contributed by atoms with Gasteiger partial charge >= 0.3 is 6.18 Å². The second-order valence-electron chi connectivity index (χ2n) is 4.52. The van der Waals surface area contributed by atoms with Gasteiger partial charge in [0.15, 0.2) is 0 Å². The van der Waals surface area contributed by atoms with Crippen molar-refractivity contribution < 1.29 is 18.0 Å². The van der Waals surface area contributed by atoms with Crippen molar-refractivity contribution in [3.8, 4) is 0 Å². The number of nitrogens with one attached hydrogen (secondary N) is 1. The van der Waals surface area contributed by atoms with E-state index >= 15 is 0 Å². The number of halogens is 3. The molecule has 106 valence electrons. The molecule has 1 amide bonds. The van der Waals surface area contributed by atoms with Crippen LogP contribution in [0.3, 0.4) is 0 Å². The number of amides is 1. The van der Waals surface area contributed by atoms with E-state index in [4.69, 9.17) is 0 Å². The molecule has 0 aliphatic heterocycles. The first-order valence-corrected chi connectivity index (χ1v) is 5.86. The molecule has 0 heterocycles. The number of benzene rings is 1. The number of carbonyl (C=O) groups is 1. The van der Waals surface area contributed by atoms with Crippen LogP contribution < -0.4 is 5.32 Å². The van der Waals surface area contributed by atoms with Gasteiger partial charge in [0.05, 0.1) is 5.56 Å². The van der Waals surface area contributed by atoms with E-state index in [1.165, 1.54) is 12.1 Å². The molecule has 0 saturated heterocycles. The molecule has 1 aromatic rings. The van der Waals surface area contributed by atoms with E-state index in [0.29, 0.717) is 18.5 Å². The molecule has 0 fully saturated rings. The second kappa shape index (κ2) is 6.56. The van der Waals surface area contributed by atoms with Gasteiger partial charge in [0.25, 0.3) is 0 Å². The normalized spacial score (nSPS) is 11.7. The predicted molar refractivity (Wildman–Crippen MR) is 66.5 cm³/mol. The lowest BCUT2D eigenvalue weighted by Crippen LogP contribution is -2.26. The topological polar surface area (TPSA) is 32.3 Å². The van der Waals surface area contributed by atoms with Crippen molar-refractivity contribution in [1.29, 1.82) is 0 Å². The Morgan fingerprint density at radius 2 is 1.79 bits per heavy atom. The summed E-state index contributed by atoms with van der Waals surface area (Å²) in [6.07, 6.45) is -3.96. The fraction of sp³-hybridized carbons (Fsp3) is 0.462. The van der Waals surface area contributed by atoms with Gasteiger partial charge in [-0.15, -0.1) is 0 Å². The van der Waals surface area contributed by atoms with Crippen LogP contribution in [0.25, 0.3) is 0 Å². The van der Waals surface area contributed by atoms with Crippen LogP contribution in [-0.4, -0.2) is 31.4 Å². The fourth-order valence-corrected chi connectivity index (χ4v) is 1.43. The van der Waals surface area contributed by atoms with E-state index in [-0.39, 0.29) is 12.5 Å². The molecule has 1 aromatic carbocycles. The van der Waals surface area contributed by atoms with E-state index in [0.717, 1.165) is 12.1 Å². The molecular weight excluding hydrogens is 257 g/mol. The first kappa shape index (κ1) is 15.5.